The van der Waals surface area contributed by atoms with Gasteiger partial charge in [-0.1, -0.05) is 23.8 Å². The number of aromatic amines is 1. The van der Waals surface area contributed by atoms with Crippen molar-refractivity contribution in [3.8, 4) is 0 Å². The first-order valence-corrected chi connectivity index (χ1v) is 14.6. The van der Waals surface area contributed by atoms with E-state index in [1.165, 1.54) is 12.3 Å². The van der Waals surface area contributed by atoms with Crippen LogP contribution in [0, 0.1) is 5.41 Å². The Morgan fingerprint density at radius 2 is 2.22 bits per heavy atom. The average molecular weight is 565 g/mol. The van der Waals surface area contributed by atoms with E-state index < -0.39 is 22.7 Å². The fourth-order valence-electron chi connectivity index (χ4n) is 4.21. The summed E-state index contributed by atoms with van der Waals surface area (Å²) < 4.78 is 11.8. The molecule has 2 heterocycles. The molecule has 198 valence electrons. The number of carbonyl (C=O) groups excluding carboxylic acids is 2. The Bertz CT molecular complexity index is 1210. The zero-order valence-corrected chi connectivity index (χ0v) is 23.0. The van der Waals surface area contributed by atoms with E-state index in [1.807, 2.05) is 6.08 Å². The molecule has 1 aromatic carbocycles. The normalized spacial score (nSPS) is 17.1. The summed E-state index contributed by atoms with van der Waals surface area (Å²) in [4.78, 5) is 35.7. The van der Waals surface area contributed by atoms with Crippen LogP contribution in [0.25, 0.3) is 6.08 Å². The van der Waals surface area contributed by atoms with Crippen molar-refractivity contribution in [2.75, 3.05) is 24.4 Å². The van der Waals surface area contributed by atoms with E-state index in [4.69, 9.17) is 28.6 Å². The maximum absolute atomic E-state index is 13.2. The maximum Gasteiger partial charge on any atom is 0.255 e. The quantitative estimate of drug-likeness (QED) is 0.199. The molecular weight excluding hydrogens is 533 g/mol. The van der Waals surface area contributed by atoms with Gasteiger partial charge in [-0.15, -0.1) is 18.2 Å². The second-order valence-corrected chi connectivity index (χ2v) is 11.0. The SMILES string of the molecule is C=CCc1[nH]c(C(CCS(C)=O)NC(=O)c2ccc(C(=O)N3CCC[C@@H]3C=N)c(Cl)c2)nc1/C=C\CCl. The van der Waals surface area contributed by atoms with Crippen molar-refractivity contribution < 1.29 is 13.8 Å². The number of rotatable bonds is 12. The number of H-pyrrole nitrogens is 1. The summed E-state index contributed by atoms with van der Waals surface area (Å²) in [6, 6.07) is 3.79. The number of hydrogen-bond donors (Lipinski definition) is 3. The number of alkyl halides is 1. The van der Waals surface area contributed by atoms with Crippen LogP contribution in [-0.2, 0) is 17.2 Å². The Morgan fingerprint density at radius 3 is 2.86 bits per heavy atom. The number of nitrogens with zero attached hydrogens (tertiary/aromatic N) is 2. The molecule has 1 aromatic heterocycles. The first-order valence-electron chi connectivity index (χ1n) is 11.9. The Morgan fingerprint density at radius 1 is 1.43 bits per heavy atom. The van der Waals surface area contributed by atoms with Crippen LogP contribution in [0.15, 0.2) is 36.9 Å². The smallest absolute Gasteiger partial charge is 0.255 e. The van der Waals surface area contributed by atoms with E-state index in [-0.39, 0.29) is 22.5 Å². The van der Waals surface area contributed by atoms with Crippen molar-refractivity contribution in [1.29, 1.82) is 5.41 Å². The fourth-order valence-corrected chi connectivity index (χ4v) is 5.13. The molecule has 3 N–H and O–H groups in total. The molecule has 3 rings (SSSR count). The summed E-state index contributed by atoms with van der Waals surface area (Å²) in [7, 11) is -1.06. The van der Waals surface area contributed by atoms with E-state index in [9.17, 15) is 13.8 Å². The van der Waals surface area contributed by atoms with E-state index in [1.54, 1.807) is 35.4 Å². The lowest BCUT2D eigenvalue weighted by Crippen LogP contribution is -2.36. The summed E-state index contributed by atoms with van der Waals surface area (Å²) in [5.41, 5.74) is 2.11. The minimum absolute atomic E-state index is 0.166. The molecule has 1 aliphatic rings. The fraction of sp³-hybridized carbons (Fsp3) is 0.385. The molecule has 1 aliphatic heterocycles. The lowest BCUT2D eigenvalue weighted by molar-refractivity contribution is 0.0771. The highest BCUT2D eigenvalue weighted by Gasteiger charge is 2.29. The van der Waals surface area contributed by atoms with E-state index in [0.717, 1.165) is 18.5 Å². The number of amides is 2. The van der Waals surface area contributed by atoms with Crippen molar-refractivity contribution >= 4 is 58.1 Å². The summed E-state index contributed by atoms with van der Waals surface area (Å²) >= 11 is 12.2. The van der Waals surface area contributed by atoms with Crippen molar-refractivity contribution in [2.24, 2.45) is 0 Å². The third-order valence-corrected chi connectivity index (χ3v) is 7.39. The number of aromatic nitrogens is 2. The molecule has 0 radical (unpaired) electrons. The Balaban J connectivity index is 1.83. The second kappa shape index (κ2) is 13.7. The van der Waals surface area contributed by atoms with Crippen molar-refractivity contribution in [3.05, 3.63) is 70.3 Å². The van der Waals surface area contributed by atoms with Gasteiger partial charge in [-0.05, 0) is 43.5 Å². The van der Waals surface area contributed by atoms with Crippen LogP contribution in [0.5, 0.6) is 0 Å². The molecule has 1 saturated heterocycles. The third kappa shape index (κ3) is 7.40. The molecule has 8 nitrogen and oxygen atoms in total. The lowest BCUT2D eigenvalue weighted by atomic mass is 10.1. The molecule has 2 amide bonds. The predicted octanol–water partition coefficient (Wildman–Crippen LogP) is 4.54. The van der Waals surface area contributed by atoms with Crippen LogP contribution in [0.3, 0.4) is 0 Å². The first kappa shape index (κ1) is 28.8. The summed E-state index contributed by atoms with van der Waals surface area (Å²) in [6.45, 7) is 4.35. The number of nitrogens with one attached hydrogen (secondary N) is 3. The van der Waals surface area contributed by atoms with Gasteiger partial charge in [-0.3, -0.25) is 13.8 Å². The molecule has 11 heteroatoms. The Labute approximate surface area is 229 Å². The average Bonchev–Trinajstić information content (AvgIpc) is 3.51. The summed E-state index contributed by atoms with van der Waals surface area (Å²) in [5, 5.41) is 10.7. The number of carbonyl (C=O) groups is 2. The van der Waals surface area contributed by atoms with Crippen LogP contribution >= 0.6 is 23.2 Å². The van der Waals surface area contributed by atoms with E-state index in [2.05, 4.69) is 21.9 Å². The van der Waals surface area contributed by atoms with Crippen LogP contribution in [0.2, 0.25) is 5.02 Å². The van der Waals surface area contributed by atoms with Crippen molar-refractivity contribution in [3.63, 3.8) is 0 Å². The molecule has 1 fully saturated rings. The zero-order valence-electron chi connectivity index (χ0n) is 20.6. The Hall–Kier alpha value is -2.75. The third-order valence-electron chi connectivity index (χ3n) is 6.09. The summed E-state index contributed by atoms with van der Waals surface area (Å²) in [5.74, 6) is 0.589. The molecule has 2 unspecified atom stereocenters. The van der Waals surface area contributed by atoms with Gasteiger partial charge in [0.15, 0.2) is 0 Å². The Kier molecular flexibility index (Phi) is 10.7. The highest BCUT2D eigenvalue weighted by Crippen LogP contribution is 2.25. The molecule has 3 atom stereocenters. The molecule has 0 bridgehead atoms. The summed E-state index contributed by atoms with van der Waals surface area (Å²) in [6.07, 6.45) is 10.8. The van der Waals surface area contributed by atoms with Gasteiger partial charge in [0.05, 0.1) is 28.4 Å². The number of hydrogen-bond acceptors (Lipinski definition) is 5. The van der Waals surface area contributed by atoms with Gasteiger partial charge in [0.25, 0.3) is 11.8 Å². The number of allylic oxidation sites excluding steroid dienone is 2. The molecule has 2 aromatic rings. The molecule has 0 saturated carbocycles. The standard InChI is InChI=1S/C26H31Cl2N5O3S/c1-3-6-21-22(8-4-12-27)31-24(30-21)23(11-14-37(2)36)32-25(34)17-9-10-19(20(28)15-17)26(35)33-13-5-7-18(33)16-29/h3-4,8-10,15-16,18,23,29H,1,5-7,11-14H2,2H3,(H,30,31)(H,32,34)/b8-4-,29-16?/t18-,23?,37?/m1/s1. The van der Waals surface area contributed by atoms with Gasteiger partial charge >= 0.3 is 0 Å². The molecular formula is C26H31Cl2N5O3S. The predicted molar refractivity (Wildman–Crippen MR) is 150 cm³/mol. The molecule has 0 aliphatic carbocycles. The van der Waals surface area contributed by atoms with Gasteiger partial charge in [-0.2, -0.15) is 0 Å². The minimum Gasteiger partial charge on any atom is -0.343 e. The number of benzene rings is 1. The van der Waals surface area contributed by atoms with Gasteiger partial charge in [0, 0.05) is 59.1 Å². The monoisotopic (exact) mass is 563 g/mol. The molecule has 0 spiro atoms. The topological polar surface area (TPSA) is 119 Å². The highest BCUT2D eigenvalue weighted by atomic mass is 35.5. The zero-order chi connectivity index (χ0) is 26.9. The van der Waals surface area contributed by atoms with Crippen LogP contribution < -0.4 is 5.32 Å². The van der Waals surface area contributed by atoms with E-state index >= 15 is 0 Å². The van der Waals surface area contributed by atoms with Crippen LogP contribution in [-0.4, -0.2) is 67.6 Å². The number of halogens is 2. The highest BCUT2D eigenvalue weighted by molar-refractivity contribution is 7.84. The minimum atomic E-state index is -1.06. The molecule has 37 heavy (non-hydrogen) atoms. The first-order chi connectivity index (χ1) is 17.8. The lowest BCUT2D eigenvalue weighted by Gasteiger charge is -2.22. The van der Waals surface area contributed by atoms with Crippen molar-refractivity contribution in [1.82, 2.24) is 20.2 Å². The van der Waals surface area contributed by atoms with Crippen LogP contribution in [0.4, 0.5) is 0 Å². The van der Waals surface area contributed by atoms with Gasteiger partial charge in [-0.25, -0.2) is 4.98 Å². The maximum atomic E-state index is 13.2. The van der Waals surface area contributed by atoms with E-state index in [0.29, 0.717) is 48.1 Å². The number of imidazole rings is 1. The van der Waals surface area contributed by atoms with Crippen LogP contribution in [0.1, 0.15) is 63.2 Å². The van der Waals surface area contributed by atoms with Gasteiger partial charge in [0.1, 0.15) is 5.82 Å². The second-order valence-electron chi connectivity index (χ2n) is 8.70. The largest absolute Gasteiger partial charge is 0.343 e. The van der Waals surface area contributed by atoms with Gasteiger partial charge < -0.3 is 20.6 Å². The van der Waals surface area contributed by atoms with Crippen molar-refractivity contribution in [2.45, 2.75) is 37.8 Å². The number of likely N-dealkylation sites (tertiary alicyclic amines) is 1. The van der Waals surface area contributed by atoms with Gasteiger partial charge in [0.2, 0.25) is 0 Å².